The van der Waals surface area contributed by atoms with Gasteiger partial charge < -0.3 is 20.0 Å². The van der Waals surface area contributed by atoms with Gasteiger partial charge in [-0.05, 0) is 18.8 Å². The van der Waals surface area contributed by atoms with E-state index >= 15 is 0 Å². The predicted molar refractivity (Wildman–Crippen MR) is 44.2 cm³/mol. The minimum absolute atomic E-state index is 0.356. The number of nitro groups is 1. The van der Waals surface area contributed by atoms with Crippen LogP contribution in [0.4, 0.5) is 5.82 Å². The topological polar surface area (TPSA) is 103 Å². The van der Waals surface area contributed by atoms with Gasteiger partial charge in [-0.1, -0.05) is 0 Å². The maximum Gasteiger partial charge on any atom is 0.410 e. The minimum atomic E-state index is -0.965. The maximum atomic E-state index is 10.3. The van der Waals surface area contributed by atoms with Crippen molar-refractivity contribution in [1.82, 2.24) is 15.0 Å². The van der Waals surface area contributed by atoms with Crippen molar-refractivity contribution < 1.29 is 14.8 Å². The second-order valence-corrected chi connectivity index (χ2v) is 2.65. The summed E-state index contributed by atoms with van der Waals surface area (Å²) in [6, 6.07) is 0. The molecule has 0 aromatic carbocycles. The van der Waals surface area contributed by atoms with E-state index < -0.39 is 17.4 Å². The molecule has 0 amide bonds. The van der Waals surface area contributed by atoms with Gasteiger partial charge in [-0.3, -0.25) is 0 Å². The first kappa shape index (κ1) is 10.5. The molecule has 1 aromatic heterocycles. The van der Waals surface area contributed by atoms with Gasteiger partial charge in [0.1, 0.15) is 11.3 Å². The van der Waals surface area contributed by atoms with Crippen LogP contribution in [0.3, 0.4) is 0 Å². The van der Waals surface area contributed by atoms with Crippen LogP contribution in [0.15, 0.2) is 6.20 Å². The summed E-state index contributed by atoms with van der Waals surface area (Å²) < 4.78 is 6.08. The number of ether oxygens (including phenoxy) is 1. The molecule has 2 unspecified atom stereocenters. The van der Waals surface area contributed by atoms with Gasteiger partial charge in [-0.15, -0.1) is 0 Å². The molecule has 1 rings (SSSR count). The summed E-state index contributed by atoms with van der Waals surface area (Å²) >= 11 is 0. The van der Waals surface area contributed by atoms with Crippen molar-refractivity contribution in [3.8, 4) is 0 Å². The van der Waals surface area contributed by atoms with Gasteiger partial charge in [0.05, 0.1) is 5.21 Å². The molecular weight excluding hydrogens is 192 g/mol. The second kappa shape index (κ2) is 4.11. The van der Waals surface area contributed by atoms with Crippen molar-refractivity contribution in [2.24, 2.45) is 0 Å². The zero-order chi connectivity index (χ0) is 10.7. The molecule has 1 aromatic rings. The molecule has 78 valence electrons. The molecule has 0 aliphatic rings. The van der Waals surface area contributed by atoms with Crippen LogP contribution in [0.5, 0.6) is 0 Å². The summed E-state index contributed by atoms with van der Waals surface area (Å²) in [4.78, 5) is 9.60. The van der Waals surface area contributed by atoms with E-state index in [2.05, 4.69) is 10.3 Å². The Morgan fingerprint density at radius 1 is 1.71 bits per heavy atom. The number of hydrogen-bond acceptors (Lipinski definition) is 6. The fourth-order valence-electron chi connectivity index (χ4n) is 0.876. The van der Waals surface area contributed by atoms with E-state index in [0.29, 0.717) is 0 Å². The molecule has 0 saturated heterocycles. The van der Waals surface area contributed by atoms with Crippen LogP contribution >= 0.6 is 0 Å². The van der Waals surface area contributed by atoms with Crippen molar-refractivity contribution in [3.63, 3.8) is 0 Å². The Hall–Kier alpha value is -1.54. The van der Waals surface area contributed by atoms with Crippen molar-refractivity contribution in [1.29, 1.82) is 0 Å². The van der Waals surface area contributed by atoms with Gasteiger partial charge >= 0.3 is 5.82 Å². The highest BCUT2D eigenvalue weighted by Gasteiger charge is 2.17. The molecule has 8 nitrogen and oxygen atoms in total. The second-order valence-electron chi connectivity index (χ2n) is 2.65. The predicted octanol–water partition coefficient (Wildman–Crippen LogP) is 0.0597. The number of aliphatic hydroxyl groups is 1. The number of aromatic nitrogens is 3. The summed E-state index contributed by atoms with van der Waals surface area (Å²) in [7, 11) is 0. The molecule has 0 radical (unpaired) electrons. The first-order valence-electron chi connectivity index (χ1n) is 3.90. The molecule has 0 bridgehead atoms. The molecule has 1 heterocycles. The fourth-order valence-corrected chi connectivity index (χ4v) is 0.876. The van der Waals surface area contributed by atoms with E-state index in [9.17, 15) is 10.1 Å². The van der Waals surface area contributed by atoms with E-state index in [0.717, 1.165) is 10.9 Å². The standard InChI is InChI=1S/C6H10N4O4/c1-4(14-5(2)11)9-3-6(7-8-9)10(12)13/h3-5,11H,1-2H3. The van der Waals surface area contributed by atoms with E-state index in [4.69, 9.17) is 9.84 Å². The van der Waals surface area contributed by atoms with E-state index in [1.165, 1.54) is 6.92 Å². The highest BCUT2D eigenvalue weighted by Crippen LogP contribution is 2.11. The molecule has 0 saturated carbocycles. The first-order chi connectivity index (χ1) is 6.50. The average molecular weight is 202 g/mol. The number of nitrogens with zero attached hydrogens (tertiary/aromatic N) is 4. The Kier molecular flexibility index (Phi) is 3.10. The van der Waals surface area contributed by atoms with Crippen LogP contribution in [-0.2, 0) is 4.74 Å². The summed E-state index contributed by atoms with van der Waals surface area (Å²) in [5, 5.41) is 25.9. The highest BCUT2D eigenvalue weighted by molar-refractivity contribution is 5.08. The summed E-state index contributed by atoms with van der Waals surface area (Å²) in [5.74, 6) is -0.356. The van der Waals surface area contributed by atoms with Crippen LogP contribution in [-0.4, -0.2) is 31.3 Å². The molecule has 0 aliphatic carbocycles. The van der Waals surface area contributed by atoms with Crippen molar-refractivity contribution >= 4 is 5.82 Å². The van der Waals surface area contributed by atoms with Gasteiger partial charge in [0, 0.05) is 0 Å². The third-order valence-electron chi connectivity index (χ3n) is 1.45. The monoisotopic (exact) mass is 202 g/mol. The molecule has 8 heteroatoms. The number of hydrogen-bond donors (Lipinski definition) is 1. The Morgan fingerprint density at radius 2 is 2.36 bits per heavy atom. The lowest BCUT2D eigenvalue weighted by Gasteiger charge is -2.13. The van der Waals surface area contributed by atoms with Crippen LogP contribution in [0.1, 0.15) is 20.1 Å². The zero-order valence-corrected chi connectivity index (χ0v) is 7.69. The van der Waals surface area contributed by atoms with Crippen LogP contribution in [0.2, 0.25) is 0 Å². The molecule has 14 heavy (non-hydrogen) atoms. The van der Waals surface area contributed by atoms with Gasteiger partial charge in [0.2, 0.25) is 0 Å². The Balaban J connectivity index is 2.71. The van der Waals surface area contributed by atoms with Crippen molar-refractivity contribution in [3.05, 3.63) is 16.3 Å². The zero-order valence-electron chi connectivity index (χ0n) is 7.69. The summed E-state index contributed by atoms with van der Waals surface area (Å²) in [5.41, 5.74) is 0. The maximum absolute atomic E-state index is 10.3. The van der Waals surface area contributed by atoms with Gasteiger partial charge in [0.15, 0.2) is 12.5 Å². The van der Waals surface area contributed by atoms with Gasteiger partial charge in [-0.2, -0.15) is 4.68 Å². The summed E-state index contributed by atoms with van der Waals surface area (Å²) in [6.45, 7) is 3.02. The van der Waals surface area contributed by atoms with E-state index in [1.54, 1.807) is 6.92 Å². The van der Waals surface area contributed by atoms with Crippen molar-refractivity contribution in [2.45, 2.75) is 26.4 Å². The smallest absolute Gasteiger partial charge is 0.368 e. The molecule has 0 fully saturated rings. The third-order valence-corrected chi connectivity index (χ3v) is 1.45. The van der Waals surface area contributed by atoms with Crippen LogP contribution in [0, 0.1) is 10.1 Å². The van der Waals surface area contributed by atoms with Crippen LogP contribution in [0.25, 0.3) is 0 Å². The van der Waals surface area contributed by atoms with Crippen LogP contribution < -0.4 is 0 Å². The minimum Gasteiger partial charge on any atom is -0.368 e. The SMILES string of the molecule is CC(O)OC(C)n1cc([N+](=O)[O-])nn1. The van der Waals surface area contributed by atoms with Crippen molar-refractivity contribution in [2.75, 3.05) is 0 Å². The summed E-state index contributed by atoms with van der Waals surface area (Å²) in [6.07, 6.45) is -0.433. The third kappa shape index (κ3) is 2.47. The normalized spacial score (nSPS) is 15.1. The highest BCUT2D eigenvalue weighted by atomic mass is 16.6. The lowest BCUT2D eigenvalue weighted by atomic mass is 10.6. The fraction of sp³-hybridized carbons (Fsp3) is 0.667. The largest absolute Gasteiger partial charge is 0.410 e. The van der Waals surface area contributed by atoms with Gasteiger partial charge in [0.25, 0.3) is 0 Å². The first-order valence-corrected chi connectivity index (χ1v) is 3.90. The number of rotatable bonds is 4. The molecule has 0 spiro atoms. The molecule has 0 aliphatic heterocycles. The number of aliphatic hydroxyl groups excluding tert-OH is 1. The molecule has 1 N–H and O–H groups in total. The van der Waals surface area contributed by atoms with E-state index in [-0.39, 0.29) is 5.82 Å². The Labute approximate surface area is 79.2 Å². The Morgan fingerprint density at radius 3 is 2.79 bits per heavy atom. The molecular formula is C6H10N4O4. The quantitative estimate of drug-likeness (QED) is 0.420. The lowest BCUT2D eigenvalue weighted by molar-refractivity contribution is -0.389. The average Bonchev–Trinajstić information content (AvgIpc) is 2.50. The lowest BCUT2D eigenvalue weighted by Crippen LogP contribution is -2.16. The Bertz CT molecular complexity index is 323. The molecule has 2 atom stereocenters. The van der Waals surface area contributed by atoms with Gasteiger partial charge in [-0.25, -0.2) is 0 Å². The van der Waals surface area contributed by atoms with E-state index in [1.807, 2.05) is 0 Å².